The largest absolute Gasteiger partial charge is 0.383 e. The molecule has 2 aliphatic heterocycles. The van der Waals surface area contributed by atoms with Gasteiger partial charge in [0.15, 0.2) is 5.65 Å². The second-order valence-electron chi connectivity index (χ2n) is 8.46. The SMILES string of the molecule is Cn1nc2nc(N3CCN(CC(=O)N4CCOCC4)CC3)nc(-c3ccc(F)c(Cl)c3)c2c1N. The van der Waals surface area contributed by atoms with Crippen molar-refractivity contribution in [3.63, 3.8) is 0 Å². The summed E-state index contributed by atoms with van der Waals surface area (Å²) in [4.78, 5) is 28.1. The summed E-state index contributed by atoms with van der Waals surface area (Å²) in [6, 6.07) is 4.46. The zero-order valence-electron chi connectivity index (χ0n) is 18.9. The Labute approximate surface area is 201 Å². The van der Waals surface area contributed by atoms with Crippen molar-refractivity contribution in [1.82, 2.24) is 29.5 Å². The third-order valence-electron chi connectivity index (χ3n) is 6.30. The molecule has 2 N–H and O–H groups in total. The molecule has 0 bridgehead atoms. The molecule has 0 unspecified atom stereocenters. The van der Waals surface area contributed by atoms with Gasteiger partial charge in [-0.3, -0.25) is 14.4 Å². The van der Waals surface area contributed by atoms with E-state index < -0.39 is 5.82 Å². The molecule has 12 heteroatoms. The Morgan fingerprint density at radius 2 is 1.88 bits per heavy atom. The van der Waals surface area contributed by atoms with Gasteiger partial charge >= 0.3 is 0 Å². The molecule has 2 aromatic heterocycles. The number of ether oxygens (including phenoxy) is 1. The first-order chi connectivity index (χ1) is 16.4. The summed E-state index contributed by atoms with van der Waals surface area (Å²) in [5.41, 5.74) is 7.90. The number of fused-ring (bicyclic) bond motifs is 1. The number of nitrogen functional groups attached to an aromatic ring is 1. The summed E-state index contributed by atoms with van der Waals surface area (Å²) in [5, 5.41) is 5.04. The van der Waals surface area contributed by atoms with Crippen LogP contribution < -0.4 is 10.6 Å². The van der Waals surface area contributed by atoms with Gasteiger partial charge in [-0.15, -0.1) is 0 Å². The van der Waals surface area contributed by atoms with E-state index in [9.17, 15) is 9.18 Å². The fraction of sp³-hybridized carbons (Fsp3) is 0.455. The van der Waals surface area contributed by atoms with Crippen molar-refractivity contribution in [3.05, 3.63) is 29.0 Å². The number of aromatic nitrogens is 4. The molecule has 1 amide bonds. The van der Waals surface area contributed by atoms with Crippen LogP contribution in [0.1, 0.15) is 0 Å². The Bertz CT molecular complexity index is 1220. The molecule has 10 nitrogen and oxygen atoms in total. The number of rotatable bonds is 4. The maximum atomic E-state index is 13.8. The molecular formula is C22H26ClFN8O2. The van der Waals surface area contributed by atoms with Gasteiger partial charge in [0.1, 0.15) is 11.6 Å². The van der Waals surface area contributed by atoms with Crippen LogP contribution in [-0.4, -0.2) is 94.5 Å². The highest BCUT2D eigenvalue weighted by Gasteiger charge is 2.26. The van der Waals surface area contributed by atoms with Crippen LogP contribution in [0.25, 0.3) is 22.3 Å². The molecule has 3 aromatic rings. The van der Waals surface area contributed by atoms with E-state index in [0.717, 1.165) is 0 Å². The third kappa shape index (κ3) is 4.38. The van der Waals surface area contributed by atoms with Crippen LogP contribution >= 0.6 is 11.6 Å². The molecule has 0 aliphatic carbocycles. The number of nitrogens with zero attached hydrogens (tertiary/aromatic N) is 7. The number of anilines is 2. The number of piperazine rings is 1. The predicted molar refractivity (Wildman–Crippen MR) is 127 cm³/mol. The summed E-state index contributed by atoms with van der Waals surface area (Å²) in [6.07, 6.45) is 0. The molecule has 34 heavy (non-hydrogen) atoms. The molecule has 1 aromatic carbocycles. The summed E-state index contributed by atoms with van der Waals surface area (Å²) >= 11 is 6.04. The Hall–Kier alpha value is -3.02. The van der Waals surface area contributed by atoms with E-state index in [4.69, 9.17) is 27.1 Å². The van der Waals surface area contributed by atoms with Gasteiger partial charge in [-0.05, 0) is 18.2 Å². The van der Waals surface area contributed by atoms with E-state index >= 15 is 0 Å². The number of benzene rings is 1. The van der Waals surface area contributed by atoms with Gasteiger partial charge in [0.2, 0.25) is 11.9 Å². The average molecular weight is 489 g/mol. The average Bonchev–Trinajstić information content (AvgIpc) is 3.14. The molecule has 2 fully saturated rings. The van der Waals surface area contributed by atoms with Crippen molar-refractivity contribution in [2.45, 2.75) is 0 Å². The van der Waals surface area contributed by atoms with Gasteiger partial charge in [0.05, 0.1) is 35.9 Å². The first-order valence-corrected chi connectivity index (χ1v) is 11.6. The smallest absolute Gasteiger partial charge is 0.236 e. The number of nitrogens with two attached hydrogens (primary N) is 1. The highest BCUT2D eigenvalue weighted by Crippen LogP contribution is 2.33. The monoisotopic (exact) mass is 488 g/mol. The topological polar surface area (TPSA) is 106 Å². The molecule has 4 heterocycles. The van der Waals surface area contributed by atoms with Gasteiger partial charge < -0.3 is 20.3 Å². The number of carbonyl (C=O) groups excluding carboxylic acids is 1. The second-order valence-corrected chi connectivity index (χ2v) is 8.87. The fourth-order valence-corrected chi connectivity index (χ4v) is 4.49. The van der Waals surface area contributed by atoms with E-state index in [1.165, 1.54) is 12.1 Å². The lowest BCUT2D eigenvalue weighted by atomic mass is 10.1. The Morgan fingerprint density at radius 3 is 2.59 bits per heavy atom. The Balaban J connectivity index is 1.37. The van der Waals surface area contributed by atoms with Crippen molar-refractivity contribution >= 4 is 40.3 Å². The molecule has 0 saturated carbocycles. The number of hydrogen-bond acceptors (Lipinski definition) is 8. The lowest BCUT2D eigenvalue weighted by Gasteiger charge is -2.36. The maximum Gasteiger partial charge on any atom is 0.236 e. The number of carbonyl (C=O) groups is 1. The zero-order chi connectivity index (χ0) is 23.8. The molecule has 2 aliphatic rings. The summed E-state index contributed by atoms with van der Waals surface area (Å²) in [6.45, 7) is 5.62. The number of hydrogen-bond donors (Lipinski definition) is 1. The minimum absolute atomic E-state index is 0.00632. The van der Waals surface area contributed by atoms with Crippen molar-refractivity contribution in [2.75, 3.05) is 69.7 Å². The first kappa shape index (κ1) is 22.8. The number of halogens is 2. The summed E-state index contributed by atoms with van der Waals surface area (Å²) < 4.78 is 20.7. The number of morpholine rings is 1. The molecular weight excluding hydrogens is 463 g/mol. The number of aryl methyl sites for hydroxylation is 1. The van der Waals surface area contributed by atoms with Crippen LogP contribution in [0.2, 0.25) is 5.02 Å². The van der Waals surface area contributed by atoms with E-state index in [1.54, 1.807) is 17.8 Å². The van der Waals surface area contributed by atoms with Crippen molar-refractivity contribution < 1.29 is 13.9 Å². The molecule has 0 spiro atoms. The van der Waals surface area contributed by atoms with Gasteiger partial charge in [-0.25, -0.2) is 9.37 Å². The molecule has 0 atom stereocenters. The van der Waals surface area contributed by atoms with Gasteiger partial charge in [-0.1, -0.05) is 11.6 Å². The fourth-order valence-electron chi connectivity index (χ4n) is 4.31. The zero-order valence-corrected chi connectivity index (χ0v) is 19.6. The minimum Gasteiger partial charge on any atom is -0.383 e. The van der Waals surface area contributed by atoms with Gasteiger partial charge in [0, 0.05) is 51.9 Å². The van der Waals surface area contributed by atoms with Crippen LogP contribution in [0.3, 0.4) is 0 Å². The van der Waals surface area contributed by atoms with Crippen molar-refractivity contribution in [2.24, 2.45) is 7.05 Å². The highest BCUT2D eigenvalue weighted by molar-refractivity contribution is 6.31. The minimum atomic E-state index is -0.502. The van der Waals surface area contributed by atoms with E-state index in [-0.39, 0.29) is 10.9 Å². The van der Waals surface area contributed by atoms with Gasteiger partial charge in [-0.2, -0.15) is 10.1 Å². The molecule has 2 saturated heterocycles. The Kier molecular flexibility index (Phi) is 6.24. The first-order valence-electron chi connectivity index (χ1n) is 11.2. The van der Waals surface area contributed by atoms with Crippen LogP contribution in [0.15, 0.2) is 18.2 Å². The van der Waals surface area contributed by atoms with Gasteiger partial charge in [0.25, 0.3) is 0 Å². The van der Waals surface area contributed by atoms with Crippen molar-refractivity contribution in [3.8, 4) is 11.3 Å². The quantitative estimate of drug-likeness (QED) is 0.587. The van der Waals surface area contributed by atoms with E-state index in [1.807, 2.05) is 4.90 Å². The lowest BCUT2D eigenvalue weighted by molar-refractivity contribution is -0.136. The van der Waals surface area contributed by atoms with E-state index in [0.29, 0.717) is 93.1 Å². The molecule has 5 rings (SSSR count). The molecule has 180 valence electrons. The molecule has 0 radical (unpaired) electrons. The van der Waals surface area contributed by atoms with E-state index in [2.05, 4.69) is 19.9 Å². The standard InChI is InChI=1S/C22H26ClFN8O2/c1-29-20(25)18-19(14-2-3-16(24)15(23)12-14)26-22(27-21(18)28-29)32-6-4-30(5-7-32)13-17(33)31-8-10-34-11-9-31/h2-3,12H,4-11,13,25H2,1H3. The van der Waals surface area contributed by atoms with Crippen LogP contribution in [0.5, 0.6) is 0 Å². The number of amides is 1. The van der Waals surface area contributed by atoms with Crippen LogP contribution in [-0.2, 0) is 16.6 Å². The second kappa shape index (κ2) is 9.32. The van der Waals surface area contributed by atoms with Crippen molar-refractivity contribution in [1.29, 1.82) is 0 Å². The maximum absolute atomic E-state index is 13.8. The Morgan fingerprint density at radius 1 is 1.15 bits per heavy atom. The van der Waals surface area contributed by atoms with Crippen LogP contribution in [0, 0.1) is 5.82 Å². The third-order valence-corrected chi connectivity index (χ3v) is 6.59. The lowest BCUT2D eigenvalue weighted by Crippen LogP contribution is -2.51. The van der Waals surface area contributed by atoms with Crippen LogP contribution in [0.4, 0.5) is 16.2 Å². The summed E-state index contributed by atoms with van der Waals surface area (Å²) in [5.74, 6) is 0.565. The normalized spacial score (nSPS) is 17.5. The highest BCUT2D eigenvalue weighted by atomic mass is 35.5. The summed E-state index contributed by atoms with van der Waals surface area (Å²) in [7, 11) is 1.74. The predicted octanol–water partition coefficient (Wildman–Crippen LogP) is 1.39.